The lowest BCUT2D eigenvalue weighted by Crippen LogP contribution is -2.45. The monoisotopic (exact) mass is 572 g/mol. The molecule has 0 amide bonds. The molecule has 3 rings (SSSR count). The molecule has 0 bridgehead atoms. The molecule has 1 fully saturated rings. The zero-order valence-corrected chi connectivity index (χ0v) is 21.9. The van der Waals surface area contributed by atoms with Crippen molar-refractivity contribution >= 4 is 29.9 Å². The molecule has 0 saturated carbocycles. The first-order valence-electron chi connectivity index (χ1n) is 11.4. The van der Waals surface area contributed by atoms with E-state index in [9.17, 15) is 5.11 Å². The molecule has 8 nitrogen and oxygen atoms in total. The fourth-order valence-electron chi connectivity index (χ4n) is 3.44. The Morgan fingerprint density at radius 3 is 2.67 bits per heavy atom. The summed E-state index contributed by atoms with van der Waals surface area (Å²) in [7, 11) is 0. The van der Waals surface area contributed by atoms with Crippen molar-refractivity contribution in [2.24, 2.45) is 4.99 Å². The standard InChI is InChI=1S/C24H36N4O4.HI/c1-19(2)32-22-6-3-5-20(17-22)23(29)18-27-24(25-9-8-21-7-4-14-31-21)26-10-11-28-12-15-30-16-13-28;/h3-7,14,17,19,23,29H,8-13,15-16,18H2,1-2H3,(H2,25,26,27);1H. The Morgan fingerprint density at radius 2 is 1.94 bits per heavy atom. The average Bonchev–Trinajstić information content (AvgIpc) is 3.31. The number of benzene rings is 1. The molecule has 1 aliphatic heterocycles. The Balaban J connectivity index is 0.00000385. The third kappa shape index (κ3) is 10.3. The predicted octanol–water partition coefficient (Wildman–Crippen LogP) is 2.83. The van der Waals surface area contributed by atoms with Gasteiger partial charge in [0.2, 0.25) is 0 Å². The molecule has 1 aromatic carbocycles. The second kappa shape index (κ2) is 15.2. The van der Waals surface area contributed by atoms with E-state index in [4.69, 9.17) is 13.9 Å². The fraction of sp³-hybridized carbons (Fsp3) is 0.542. The van der Waals surface area contributed by atoms with Crippen molar-refractivity contribution in [2.75, 3.05) is 52.5 Å². The predicted molar refractivity (Wildman–Crippen MR) is 141 cm³/mol. The van der Waals surface area contributed by atoms with E-state index in [-0.39, 0.29) is 36.6 Å². The van der Waals surface area contributed by atoms with Crippen LogP contribution in [-0.4, -0.2) is 74.6 Å². The molecule has 1 aromatic heterocycles. The van der Waals surface area contributed by atoms with Crippen LogP contribution in [0.1, 0.15) is 31.3 Å². The number of nitrogens with zero attached hydrogens (tertiary/aromatic N) is 2. The molecule has 0 radical (unpaired) electrons. The Bertz CT molecular complexity index is 811. The maximum absolute atomic E-state index is 10.7. The number of nitrogens with one attached hydrogen (secondary N) is 2. The van der Waals surface area contributed by atoms with Gasteiger partial charge in [0, 0.05) is 39.1 Å². The number of hydrogen-bond acceptors (Lipinski definition) is 6. The number of guanidine groups is 1. The van der Waals surface area contributed by atoms with Gasteiger partial charge in [-0.1, -0.05) is 12.1 Å². The highest BCUT2D eigenvalue weighted by Gasteiger charge is 2.12. The first kappa shape index (κ1) is 27.4. The van der Waals surface area contributed by atoms with Gasteiger partial charge in [0.1, 0.15) is 11.5 Å². The topological polar surface area (TPSA) is 91.5 Å². The summed E-state index contributed by atoms with van der Waals surface area (Å²) in [5.41, 5.74) is 0.787. The van der Waals surface area contributed by atoms with Crippen LogP contribution in [0.5, 0.6) is 5.75 Å². The van der Waals surface area contributed by atoms with E-state index in [1.165, 1.54) is 0 Å². The third-order valence-corrected chi connectivity index (χ3v) is 5.11. The number of morpholine rings is 1. The second-order valence-corrected chi connectivity index (χ2v) is 8.08. The smallest absolute Gasteiger partial charge is 0.191 e. The maximum Gasteiger partial charge on any atom is 0.191 e. The Hall–Kier alpha value is -1.82. The van der Waals surface area contributed by atoms with Crippen LogP contribution in [0.25, 0.3) is 0 Å². The van der Waals surface area contributed by atoms with E-state index in [1.807, 2.05) is 50.2 Å². The largest absolute Gasteiger partial charge is 0.491 e. The molecule has 33 heavy (non-hydrogen) atoms. The van der Waals surface area contributed by atoms with Crippen LogP contribution in [0.3, 0.4) is 0 Å². The molecule has 2 aromatic rings. The molecular formula is C24H37IN4O4. The van der Waals surface area contributed by atoms with Crippen molar-refractivity contribution in [2.45, 2.75) is 32.5 Å². The van der Waals surface area contributed by atoms with Gasteiger partial charge in [-0.15, -0.1) is 24.0 Å². The molecule has 1 saturated heterocycles. The SMILES string of the molecule is CC(C)Oc1cccc(C(O)CN=C(NCCc2ccco2)NCCN2CCOCC2)c1.I. The van der Waals surface area contributed by atoms with Gasteiger partial charge in [0.05, 0.1) is 38.2 Å². The van der Waals surface area contributed by atoms with Gasteiger partial charge in [-0.3, -0.25) is 9.89 Å². The number of hydrogen-bond donors (Lipinski definition) is 3. The van der Waals surface area contributed by atoms with Crippen molar-refractivity contribution in [1.29, 1.82) is 0 Å². The van der Waals surface area contributed by atoms with E-state index in [0.717, 1.165) is 62.9 Å². The molecule has 0 aliphatic carbocycles. The Morgan fingerprint density at radius 1 is 1.15 bits per heavy atom. The summed E-state index contributed by atoms with van der Waals surface area (Å²) in [4.78, 5) is 6.99. The summed E-state index contributed by atoms with van der Waals surface area (Å²) in [6, 6.07) is 11.4. The van der Waals surface area contributed by atoms with Crippen molar-refractivity contribution in [3.8, 4) is 5.75 Å². The first-order chi connectivity index (χ1) is 15.6. The van der Waals surface area contributed by atoms with Gasteiger partial charge >= 0.3 is 0 Å². The third-order valence-electron chi connectivity index (χ3n) is 5.11. The van der Waals surface area contributed by atoms with Crippen LogP contribution < -0.4 is 15.4 Å². The zero-order valence-electron chi connectivity index (χ0n) is 19.5. The highest BCUT2D eigenvalue weighted by molar-refractivity contribution is 14.0. The van der Waals surface area contributed by atoms with E-state index in [0.29, 0.717) is 12.5 Å². The Labute approximate surface area is 213 Å². The summed E-state index contributed by atoms with van der Waals surface area (Å²) in [6.07, 6.45) is 1.81. The van der Waals surface area contributed by atoms with Gasteiger partial charge in [0.15, 0.2) is 5.96 Å². The van der Waals surface area contributed by atoms with Crippen molar-refractivity contribution < 1.29 is 19.0 Å². The maximum atomic E-state index is 10.7. The molecule has 1 atom stereocenters. The fourth-order valence-corrected chi connectivity index (χ4v) is 3.44. The van der Waals surface area contributed by atoms with Gasteiger partial charge < -0.3 is 29.6 Å². The number of aliphatic imine (C=N–C) groups is 1. The number of aliphatic hydroxyl groups excluding tert-OH is 1. The molecule has 1 unspecified atom stereocenters. The van der Waals surface area contributed by atoms with Gasteiger partial charge in [0.25, 0.3) is 0 Å². The summed E-state index contributed by atoms with van der Waals surface area (Å²) >= 11 is 0. The van der Waals surface area contributed by atoms with Crippen LogP contribution in [0, 0.1) is 0 Å². The quantitative estimate of drug-likeness (QED) is 0.217. The van der Waals surface area contributed by atoms with Crippen molar-refractivity contribution in [3.63, 3.8) is 0 Å². The van der Waals surface area contributed by atoms with E-state index < -0.39 is 6.10 Å². The summed E-state index contributed by atoms with van der Waals surface area (Å²) in [5, 5.41) is 17.4. The minimum absolute atomic E-state index is 0. The number of aliphatic hydroxyl groups is 1. The molecule has 184 valence electrons. The molecule has 9 heteroatoms. The lowest BCUT2D eigenvalue weighted by atomic mass is 10.1. The highest BCUT2D eigenvalue weighted by Crippen LogP contribution is 2.20. The lowest BCUT2D eigenvalue weighted by Gasteiger charge is -2.26. The van der Waals surface area contributed by atoms with Gasteiger partial charge in [-0.05, 0) is 43.7 Å². The minimum Gasteiger partial charge on any atom is -0.491 e. The number of furan rings is 1. The molecule has 3 N–H and O–H groups in total. The highest BCUT2D eigenvalue weighted by atomic mass is 127. The first-order valence-corrected chi connectivity index (χ1v) is 11.4. The Kier molecular flexibility index (Phi) is 12.6. The molecule has 1 aliphatic rings. The normalized spacial score (nSPS) is 15.7. The summed E-state index contributed by atoms with van der Waals surface area (Å²) in [6.45, 7) is 10.1. The van der Waals surface area contributed by atoms with Crippen LogP contribution in [0.2, 0.25) is 0 Å². The van der Waals surface area contributed by atoms with E-state index in [2.05, 4.69) is 20.5 Å². The molecular weight excluding hydrogens is 535 g/mol. The second-order valence-electron chi connectivity index (χ2n) is 8.08. The average molecular weight is 572 g/mol. The van der Waals surface area contributed by atoms with Crippen LogP contribution in [0.4, 0.5) is 0 Å². The minimum atomic E-state index is -0.714. The summed E-state index contributed by atoms with van der Waals surface area (Å²) < 4.78 is 16.5. The van der Waals surface area contributed by atoms with Gasteiger partial charge in [-0.2, -0.15) is 0 Å². The van der Waals surface area contributed by atoms with Crippen molar-refractivity contribution in [1.82, 2.24) is 15.5 Å². The van der Waals surface area contributed by atoms with E-state index >= 15 is 0 Å². The van der Waals surface area contributed by atoms with Crippen LogP contribution in [0.15, 0.2) is 52.1 Å². The van der Waals surface area contributed by atoms with Crippen LogP contribution >= 0.6 is 24.0 Å². The number of rotatable bonds is 11. The number of ether oxygens (including phenoxy) is 2. The molecule has 0 spiro atoms. The number of halogens is 1. The van der Waals surface area contributed by atoms with Crippen LogP contribution in [-0.2, 0) is 11.2 Å². The summed E-state index contributed by atoms with van der Waals surface area (Å²) in [5.74, 6) is 2.35. The van der Waals surface area contributed by atoms with Gasteiger partial charge in [-0.25, -0.2) is 0 Å². The zero-order chi connectivity index (χ0) is 22.6. The van der Waals surface area contributed by atoms with Crippen molar-refractivity contribution in [3.05, 3.63) is 54.0 Å². The van der Waals surface area contributed by atoms with E-state index in [1.54, 1.807) is 6.26 Å². The molecule has 2 heterocycles. The lowest BCUT2D eigenvalue weighted by molar-refractivity contribution is 0.0389.